The Balaban J connectivity index is 2.02. The van der Waals surface area contributed by atoms with E-state index in [1.54, 1.807) is 6.07 Å². The number of aliphatic carboxylic acids is 1. The highest BCUT2D eigenvalue weighted by Gasteiger charge is 2.22. The van der Waals surface area contributed by atoms with Crippen molar-refractivity contribution in [3.8, 4) is 0 Å². The number of nitrogens with zero attached hydrogens (tertiary/aromatic N) is 1. The van der Waals surface area contributed by atoms with E-state index in [2.05, 4.69) is 36.4 Å². The number of benzene rings is 1. The van der Waals surface area contributed by atoms with E-state index in [1.165, 1.54) is 6.20 Å². The molecule has 0 saturated heterocycles. The number of amides is 2. The molecule has 0 radical (unpaired) electrons. The van der Waals surface area contributed by atoms with Crippen molar-refractivity contribution in [2.75, 3.05) is 6.54 Å². The van der Waals surface area contributed by atoms with Gasteiger partial charge in [-0.25, -0.2) is 0 Å². The smallest absolute Gasteiger partial charge is 0.303 e. The van der Waals surface area contributed by atoms with Crippen LogP contribution >= 0.6 is 0 Å². The summed E-state index contributed by atoms with van der Waals surface area (Å²) in [7, 11) is 0. The lowest BCUT2D eigenvalue weighted by atomic mass is 9.91. The molecular formula is C22H29N3O4. The van der Waals surface area contributed by atoms with Gasteiger partial charge in [0.1, 0.15) is 6.04 Å². The molecule has 1 aromatic carbocycles. The van der Waals surface area contributed by atoms with Crippen molar-refractivity contribution in [3.63, 3.8) is 0 Å². The van der Waals surface area contributed by atoms with Crippen LogP contribution in [0.5, 0.6) is 0 Å². The molecule has 0 spiro atoms. The molecule has 0 aliphatic carbocycles. The number of hydrogen-bond donors (Lipinski definition) is 3. The van der Waals surface area contributed by atoms with Crippen LogP contribution in [-0.2, 0) is 9.59 Å². The fraction of sp³-hybridized carbons (Fsp3) is 0.455. The number of nitrogens with one attached hydrogen (secondary N) is 2. The molecule has 1 aromatic heterocycles. The Hall–Kier alpha value is -2.96. The van der Waals surface area contributed by atoms with E-state index in [4.69, 9.17) is 5.11 Å². The van der Waals surface area contributed by atoms with Crippen molar-refractivity contribution < 1.29 is 19.5 Å². The van der Waals surface area contributed by atoms with Gasteiger partial charge in [-0.3, -0.25) is 19.4 Å². The van der Waals surface area contributed by atoms with E-state index in [0.717, 1.165) is 23.7 Å². The van der Waals surface area contributed by atoms with Gasteiger partial charge in [0.05, 0.1) is 11.1 Å². The van der Waals surface area contributed by atoms with Gasteiger partial charge in [-0.1, -0.05) is 39.0 Å². The predicted molar refractivity (Wildman–Crippen MR) is 112 cm³/mol. The van der Waals surface area contributed by atoms with Crippen LogP contribution in [0.25, 0.3) is 10.9 Å². The molecule has 0 aliphatic rings. The molecule has 3 N–H and O–H groups in total. The minimum atomic E-state index is -1.02. The maximum absolute atomic E-state index is 12.6. The van der Waals surface area contributed by atoms with Crippen LogP contribution in [-0.4, -0.2) is 40.5 Å². The number of rotatable bonds is 9. The van der Waals surface area contributed by atoms with Crippen LogP contribution in [0.3, 0.4) is 0 Å². The highest BCUT2D eigenvalue weighted by molar-refractivity contribution is 5.99. The molecule has 0 bridgehead atoms. The van der Waals surface area contributed by atoms with Crippen LogP contribution in [0.2, 0.25) is 0 Å². The molecule has 0 fully saturated rings. The van der Waals surface area contributed by atoms with E-state index in [1.807, 2.05) is 24.3 Å². The Kier molecular flexibility index (Phi) is 7.70. The van der Waals surface area contributed by atoms with Gasteiger partial charge in [0, 0.05) is 24.5 Å². The lowest BCUT2D eigenvalue weighted by Gasteiger charge is -2.20. The van der Waals surface area contributed by atoms with Crippen molar-refractivity contribution >= 4 is 28.7 Å². The number of carboxylic acid groups (broad SMARTS) is 1. The van der Waals surface area contributed by atoms with E-state index < -0.39 is 17.9 Å². The first-order chi connectivity index (χ1) is 13.7. The fourth-order valence-corrected chi connectivity index (χ4v) is 2.93. The second kappa shape index (κ2) is 10.0. The minimum Gasteiger partial charge on any atom is -0.481 e. The zero-order valence-corrected chi connectivity index (χ0v) is 17.2. The van der Waals surface area contributed by atoms with Crippen LogP contribution in [0.1, 0.15) is 56.8 Å². The molecule has 0 saturated carbocycles. The fourth-order valence-electron chi connectivity index (χ4n) is 2.93. The molecule has 0 aliphatic heterocycles. The van der Waals surface area contributed by atoms with Crippen LogP contribution in [0, 0.1) is 5.41 Å². The zero-order valence-electron chi connectivity index (χ0n) is 17.2. The van der Waals surface area contributed by atoms with Crippen molar-refractivity contribution in [3.05, 3.63) is 42.1 Å². The second-order valence-electron chi connectivity index (χ2n) is 8.33. The molecule has 7 heteroatoms. The molecule has 1 atom stereocenters. The first-order valence-electron chi connectivity index (χ1n) is 9.81. The molecule has 0 unspecified atom stereocenters. The summed E-state index contributed by atoms with van der Waals surface area (Å²) >= 11 is 0. The van der Waals surface area contributed by atoms with Gasteiger partial charge in [0.25, 0.3) is 5.91 Å². The number of carboxylic acids is 1. The highest BCUT2D eigenvalue weighted by atomic mass is 16.4. The minimum absolute atomic E-state index is 0.0210. The Morgan fingerprint density at radius 2 is 1.90 bits per heavy atom. The highest BCUT2D eigenvalue weighted by Crippen LogP contribution is 2.19. The zero-order chi connectivity index (χ0) is 21.4. The number of carbonyl (C=O) groups excluding carboxylic acids is 2. The summed E-state index contributed by atoms with van der Waals surface area (Å²) in [5.74, 6) is -1.84. The number of pyridine rings is 1. The molecule has 29 heavy (non-hydrogen) atoms. The number of para-hydroxylation sites is 1. The molecule has 1 heterocycles. The second-order valence-corrected chi connectivity index (χ2v) is 8.33. The van der Waals surface area contributed by atoms with E-state index in [9.17, 15) is 14.4 Å². The largest absolute Gasteiger partial charge is 0.481 e. The third-order valence-electron chi connectivity index (χ3n) is 4.52. The average Bonchev–Trinajstić information content (AvgIpc) is 2.66. The summed E-state index contributed by atoms with van der Waals surface area (Å²) in [6.45, 7) is 6.86. The number of fused-ring (bicyclic) bond motifs is 1. The number of aromatic nitrogens is 1. The maximum Gasteiger partial charge on any atom is 0.303 e. The van der Waals surface area contributed by atoms with Gasteiger partial charge in [-0.05, 0) is 36.8 Å². The van der Waals surface area contributed by atoms with E-state index in [-0.39, 0.29) is 24.2 Å². The summed E-state index contributed by atoms with van der Waals surface area (Å²) in [5.41, 5.74) is 1.26. The Morgan fingerprint density at radius 1 is 1.17 bits per heavy atom. The summed E-state index contributed by atoms with van der Waals surface area (Å²) in [5, 5.41) is 15.2. The summed E-state index contributed by atoms with van der Waals surface area (Å²) in [6.07, 6.45) is 3.02. The van der Waals surface area contributed by atoms with Gasteiger partial charge in [-0.2, -0.15) is 0 Å². The predicted octanol–water partition coefficient (Wildman–Crippen LogP) is 3.14. The maximum atomic E-state index is 12.6. The van der Waals surface area contributed by atoms with Gasteiger partial charge >= 0.3 is 5.97 Å². The SMILES string of the molecule is CC(C)(C)CCCNC(=O)[C@@H](CCC(=O)O)NC(=O)c1cnc2ccccc2c1. The van der Waals surface area contributed by atoms with Crippen molar-refractivity contribution in [2.45, 2.75) is 52.5 Å². The quantitative estimate of drug-likeness (QED) is 0.561. The lowest BCUT2D eigenvalue weighted by Crippen LogP contribution is -2.47. The third-order valence-corrected chi connectivity index (χ3v) is 4.52. The Bertz CT molecular complexity index is 874. The van der Waals surface area contributed by atoms with Gasteiger partial charge < -0.3 is 15.7 Å². The van der Waals surface area contributed by atoms with Gasteiger partial charge in [-0.15, -0.1) is 0 Å². The molecule has 156 valence electrons. The molecule has 7 nitrogen and oxygen atoms in total. The van der Waals surface area contributed by atoms with Gasteiger partial charge in [0.2, 0.25) is 5.91 Å². The summed E-state index contributed by atoms with van der Waals surface area (Å²) < 4.78 is 0. The normalized spacial score (nSPS) is 12.4. The number of carbonyl (C=O) groups is 3. The first-order valence-corrected chi connectivity index (χ1v) is 9.81. The van der Waals surface area contributed by atoms with E-state index >= 15 is 0 Å². The average molecular weight is 399 g/mol. The monoisotopic (exact) mass is 399 g/mol. The van der Waals surface area contributed by atoms with Crippen molar-refractivity contribution in [2.24, 2.45) is 5.41 Å². The van der Waals surface area contributed by atoms with Crippen LogP contribution < -0.4 is 10.6 Å². The summed E-state index contributed by atoms with van der Waals surface area (Å²) in [4.78, 5) is 40.4. The molecule has 2 amide bonds. The van der Waals surface area contributed by atoms with E-state index in [0.29, 0.717) is 12.1 Å². The Morgan fingerprint density at radius 3 is 2.59 bits per heavy atom. The lowest BCUT2D eigenvalue weighted by molar-refractivity contribution is -0.137. The standard InChI is InChI=1S/C22H29N3O4/c1-22(2,3)11-6-12-23-21(29)18(9-10-19(26)27)25-20(28)16-13-15-7-4-5-8-17(15)24-14-16/h4-5,7-8,13-14,18H,6,9-12H2,1-3H3,(H,23,29)(H,25,28)(H,26,27)/t18-/m1/s1. The topological polar surface area (TPSA) is 108 Å². The van der Waals surface area contributed by atoms with Crippen molar-refractivity contribution in [1.82, 2.24) is 15.6 Å². The molecule has 2 rings (SSSR count). The third kappa shape index (κ3) is 7.52. The summed E-state index contributed by atoms with van der Waals surface area (Å²) in [6, 6.07) is 8.20. The van der Waals surface area contributed by atoms with Crippen molar-refractivity contribution in [1.29, 1.82) is 0 Å². The van der Waals surface area contributed by atoms with Crippen LogP contribution in [0.4, 0.5) is 0 Å². The van der Waals surface area contributed by atoms with Gasteiger partial charge in [0.15, 0.2) is 0 Å². The Labute approximate surface area is 170 Å². The number of hydrogen-bond acceptors (Lipinski definition) is 4. The molecular weight excluding hydrogens is 370 g/mol. The first kappa shape index (κ1) is 22.3. The molecule has 2 aromatic rings. The van der Waals surface area contributed by atoms with Crippen LogP contribution in [0.15, 0.2) is 36.5 Å².